The van der Waals surface area contributed by atoms with Gasteiger partial charge in [-0.3, -0.25) is 9.79 Å². The lowest BCUT2D eigenvalue weighted by Crippen LogP contribution is -2.33. The molecule has 0 saturated carbocycles. The number of carbonyl (C=O) groups excluding carboxylic acids is 1. The predicted octanol–water partition coefficient (Wildman–Crippen LogP) is -0.877. The number of hydrogen-bond acceptors (Lipinski definition) is 3. The first-order valence-electron chi connectivity index (χ1n) is 3.24. The maximum absolute atomic E-state index is 10.9. The quantitative estimate of drug-likeness (QED) is 0.498. The normalized spacial score (nSPS) is 23.4. The molecule has 0 aromatic carbocycles. The summed E-state index contributed by atoms with van der Waals surface area (Å²) in [6.45, 7) is 2.48. The molecular formula is C6H11N3O. The molecule has 1 aliphatic heterocycles. The Morgan fingerprint density at radius 2 is 2.60 bits per heavy atom. The van der Waals surface area contributed by atoms with E-state index in [1.54, 1.807) is 7.05 Å². The molecule has 4 heteroatoms. The summed E-state index contributed by atoms with van der Waals surface area (Å²) in [6, 6.07) is -0.218. The number of hydrogen-bond donors (Lipinski definition) is 2. The average Bonchev–Trinajstić information content (AvgIpc) is 2.34. The molecule has 0 radical (unpaired) electrons. The number of amides is 1. The second-order valence-corrected chi connectivity index (χ2v) is 2.23. The highest BCUT2D eigenvalue weighted by molar-refractivity contribution is 5.90. The summed E-state index contributed by atoms with van der Waals surface area (Å²) in [5.74, 6) is 0.818. The molecule has 1 rings (SSSR count). The molecule has 0 aromatic rings. The summed E-state index contributed by atoms with van der Waals surface area (Å²) in [5, 5.41) is 5.52. The van der Waals surface area contributed by atoms with Gasteiger partial charge in [0.25, 0.3) is 0 Å². The van der Waals surface area contributed by atoms with Crippen molar-refractivity contribution in [3.63, 3.8) is 0 Å². The Hall–Kier alpha value is -1.06. The van der Waals surface area contributed by atoms with Crippen LogP contribution in [0.4, 0.5) is 0 Å². The van der Waals surface area contributed by atoms with Gasteiger partial charge in [-0.2, -0.15) is 0 Å². The van der Waals surface area contributed by atoms with E-state index in [0.29, 0.717) is 6.54 Å². The fourth-order valence-corrected chi connectivity index (χ4v) is 0.887. The summed E-state index contributed by atoms with van der Waals surface area (Å²) in [4.78, 5) is 15.0. The van der Waals surface area contributed by atoms with Crippen LogP contribution < -0.4 is 10.6 Å². The van der Waals surface area contributed by atoms with Crippen LogP contribution in [0.2, 0.25) is 0 Å². The molecule has 2 N–H and O–H groups in total. The summed E-state index contributed by atoms with van der Waals surface area (Å²) in [5.41, 5.74) is 0. The number of rotatable bonds is 1. The molecular weight excluding hydrogens is 130 g/mol. The topological polar surface area (TPSA) is 53.5 Å². The fourth-order valence-electron chi connectivity index (χ4n) is 0.887. The first kappa shape index (κ1) is 7.05. The van der Waals surface area contributed by atoms with Crippen LogP contribution in [0.25, 0.3) is 0 Å². The van der Waals surface area contributed by atoms with E-state index in [1.165, 1.54) is 0 Å². The minimum atomic E-state index is -0.218. The molecule has 0 fully saturated rings. The smallest absolute Gasteiger partial charge is 0.246 e. The highest BCUT2D eigenvalue weighted by Crippen LogP contribution is 1.96. The standard InChI is InChI=1S/C6H11N3O/c1-4-8-3-5(9-4)6(10)7-2/h5H,3H2,1-2H3,(H,7,10)(H,8,9). The van der Waals surface area contributed by atoms with Crippen LogP contribution in [0, 0.1) is 0 Å². The van der Waals surface area contributed by atoms with Crippen molar-refractivity contribution >= 4 is 11.7 Å². The maximum Gasteiger partial charge on any atom is 0.246 e. The Kier molecular flexibility index (Phi) is 1.89. The van der Waals surface area contributed by atoms with E-state index < -0.39 is 0 Å². The molecule has 0 bridgehead atoms. The van der Waals surface area contributed by atoms with Gasteiger partial charge in [0.1, 0.15) is 6.04 Å². The van der Waals surface area contributed by atoms with Gasteiger partial charge in [0.05, 0.1) is 5.84 Å². The Labute approximate surface area is 59.7 Å². The summed E-state index contributed by atoms with van der Waals surface area (Å²) in [7, 11) is 1.62. The molecule has 0 aromatic heterocycles. The highest BCUT2D eigenvalue weighted by atomic mass is 16.2. The molecule has 1 heterocycles. The third-order valence-electron chi connectivity index (χ3n) is 1.45. The molecule has 4 nitrogen and oxygen atoms in total. The third kappa shape index (κ3) is 1.26. The zero-order valence-electron chi connectivity index (χ0n) is 6.14. The monoisotopic (exact) mass is 141 g/mol. The van der Waals surface area contributed by atoms with Crippen molar-refractivity contribution in [2.45, 2.75) is 13.0 Å². The van der Waals surface area contributed by atoms with E-state index in [-0.39, 0.29) is 11.9 Å². The lowest BCUT2D eigenvalue weighted by molar-refractivity contribution is -0.121. The first-order chi connectivity index (χ1) is 4.74. The van der Waals surface area contributed by atoms with Crippen molar-refractivity contribution in [1.29, 1.82) is 0 Å². The van der Waals surface area contributed by atoms with Gasteiger partial charge in [-0.05, 0) is 6.92 Å². The molecule has 0 saturated heterocycles. The molecule has 10 heavy (non-hydrogen) atoms. The van der Waals surface area contributed by atoms with Crippen molar-refractivity contribution in [2.24, 2.45) is 4.99 Å². The van der Waals surface area contributed by atoms with Crippen LogP contribution >= 0.6 is 0 Å². The summed E-state index contributed by atoms with van der Waals surface area (Å²) in [6.07, 6.45) is 0. The summed E-state index contributed by atoms with van der Waals surface area (Å²) < 4.78 is 0. The zero-order valence-corrected chi connectivity index (χ0v) is 6.14. The molecule has 1 aliphatic rings. The second-order valence-electron chi connectivity index (χ2n) is 2.23. The van der Waals surface area contributed by atoms with Crippen molar-refractivity contribution in [3.8, 4) is 0 Å². The van der Waals surface area contributed by atoms with Gasteiger partial charge in [-0.15, -0.1) is 0 Å². The van der Waals surface area contributed by atoms with Crippen LogP contribution in [-0.2, 0) is 4.79 Å². The number of amidine groups is 1. The first-order valence-corrected chi connectivity index (χ1v) is 3.24. The van der Waals surface area contributed by atoms with E-state index in [4.69, 9.17) is 0 Å². The Bertz CT molecular complexity index is 176. The largest absolute Gasteiger partial charge is 0.371 e. The second kappa shape index (κ2) is 2.68. The molecule has 1 unspecified atom stereocenters. The number of carbonyl (C=O) groups is 1. The fraction of sp³-hybridized carbons (Fsp3) is 0.667. The highest BCUT2D eigenvalue weighted by Gasteiger charge is 2.20. The Morgan fingerprint density at radius 1 is 1.90 bits per heavy atom. The van der Waals surface area contributed by atoms with Crippen LogP contribution in [0.3, 0.4) is 0 Å². The van der Waals surface area contributed by atoms with E-state index in [1.807, 2.05) is 6.92 Å². The SMILES string of the molecule is CNC(=O)C1CNC(C)=N1. The number of aliphatic imine (C=N–C) groups is 1. The van der Waals surface area contributed by atoms with Gasteiger partial charge in [0.2, 0.25) is 5.91 Å². The lowest BCUT2D eigenvalue weighted by atomic mass is 10.3. The van der Waals surface area contributed by atoms with Crippen molar-refractivity contribution in [1.82, 2.24) is 10.6 Å². The van der Waals surface area contributed by atoms with Gasteiger partial charge in [-0.1, -0.05) is 0 Å². The Balaban J connectivity index is 2.52. The zero-order chi connectivity index (χ0) is 7.56. The number of nitrogens with zero attached hydrogens (tertiary/aromatic N) is 1. The maximum atomic E-state index is 10.9. The molecule has 0 spiro atoms. The predicted molar refractivity (Wildman–Crippen MR) is 39.0 cm³/mol. The lowest BCUT2D eigenvalue weighted by Gasteiger charge is -2.01. The van der Waals surface area contributed by atoms with Crippen LogP contribution in [0.1, 0.15) is 6.92 Å². The van der Waals surface area contributed by atoms with Crippen molar-refractivity contribution in [3.05, 3.63) is 0 Å². The van der Waals surface area contributed by atoms with Gasteiger partial charge >= 0.3 is 0 Å². The molecule has 0 aliphatic carbocycles. The third-order valence-corrected chi connectivity index (χ3v) is 1.45. The van der Waals surface area contributed by atoms with Gasteiger partial charge in [0, 0.05) is 13.6 Å². The molecule has 1 amide bonds. The number of likely N-dealkylation sites (N-methyl/N-ethyl adjacent to an activating group) is 1. The molecule has 56 valence electrons. The number of nitrogens with one attached hydrogen (secondary N) is 2. The van der Waals surface area contributed by atoms with Crippen LogP contribution in [-0.4, -0.2) is 31.4 Å². The molecule has 1 atom stereocenters. The van der Waals surface area contributed by atoms with Gasteiger partial charge in [0.15, 0.2) is 0 Å². The van der Waals surface area contributed by atoms with Crippen molar-refractivity contribution < 1.29 is 4.79 Å². The minimum absolute atomic E-state index is 0.0237. The van der Waals surface area contributed by atoms with E-state index in [9.17, 15) is 4.79 Å². The van der Waals surface area contributed by atoms with Crippen molar-refractivity contribution in [2.75, 3.05) is 13.6 Å². The van der Waals surface area contributed by atoms with E-state index in [2.05, 4.69) is 15.6 Å². The van der Waals surface area contributed by atoms with E-state index >= 15 is 0 Å². The summed E-state index contributed by atoms with van der Waals surface area (Å²) >= 11 is 0. The van der Waals surface area contributed by atoms with Crippen LogP contribution in [0.15, 0.2) is 4.99 Å². The minimum Gasteiger partial charge on any atom is -0.371 e. The van der Waals surface area contributed by atoms with Gasteiger partial charge in [-0.25, -0.2) is 0 Å². The Morgan fingerprint density at radius 3 is 3.00 bits per heavy atom. The van der Waals surface area contributed by atoms with Crippen LogP contribution in [0.5, 0.6) is 0 Å². The average molecular weight is 141 g/mol. The van der Waals surface area contributed by atoms with E-state index in [0.717, 1.165) is 5.84 Å². The van der Waals surface area contributed by atoms with Gasteiger partial charge < -0.3 is 10.6 Å².